The van der Waals surface area contributed by atoms with Crippen LogP contribution in [0.1, 0.15) is 12.1 Å². The number of hydrogen-bond acceptors (Lipinski definition) is 6. The molecule has 0 aliphatic carbocycles. The van der Waals surface area contributed by atoms with Gasteiger partial charge in [0.25, 0.3) is 0 Å². The van der Waals surface area contributed by atoms with E-state index < -0.39 is 0 Å². The van der Waals surface area contributed by atoms with Crippen LogP contribution in [-0.4, -0.2) is 43.6 Å². The van der Waals surface area contributed by atoms with E-state index >= 15 is 0 Å². The van der Waals surface area contributed by atoms with Crippen LogP contribution < -0.4 is 10.2 Å². The van der Waals surface area contributed by atoms with Gasteiger partial charge in [0.15, 0.2) is 5.13 Å². The number of thiazole rings is 1. The Morgan fingerprint density at radius 2 is 2.50 bits per heavy atom. The lowest BCUT2D eigenvalue weighted by molar-refractivity contribution is -0.140. The van der Waals surface area contributed by atoms with Gasteiger partial charge < -0.3 is 15.0 Å². The second-order valence-corrected chi connectivity index (χ2v) is 4.81. The second kappa shape index (κ2) is 5.81. The number of carbonyl (C=O) groups is 2. The molecule has 0 unspecified atom stereocenters. The molecule has 0 radical (unpaired) electrons. The molecule has 0 aromatic carbocycles. The highest BCUT2D eigenvalue weighted by Gasteiger charge is 2.19. The van der Waals surface area contributed by atoms with Crippen LogP contribution in [0.4, 0.5) is 5.13 Å². The number of ether oxygens (including phenoxy) is 1. The maximum absolute atomic E-state index is 11.3. The molecule has 18 heavy (non-hydrogen) atoms. The van der Waals surface area contributed by atoms with Crippen molar-refractivity contribution in [2.24, 2.45) is 0 Å². The molecule has 1 aliphatic heterocycles. The van der Waals surface area contributed by atoms with Gasteiger partial charge >= 0.3 is 5.97 Å². The average molecular weight is 269 g/mol. The number of piperazine rings is 1. The molecule has 1 N–H and O–H groups in total. The topological polar surface area (TPSA) is 71.5 Å². The summed E-state index contributed by atoms with van der Waals surface area (Å²) in [7, 11) is 1.38. The monoisotopic (exact) mass is 269 g/mol. The standard InChI is InChI=1S/C11H15N3O3S/c1-17-10(16)3-2-8-7-18-11(13-8)14-5-4-12-9(15)6-14/h7H,2-6H2,1H3,(H,12,15). The first-order valence-electron chi connectivity index (χ1n) is 5.72. The Labute approximate surface area is 109 Å². The summed E-state index contributed by atoms with van der Waals surface area (Å²) in [5.74, 6) is -0.213. The molecule has 0 saturated carbocycles. The van der Waals surface area contributed by atoms with Crippen LogP contribution in [0.15, 0.2) is 5.38 Å². The smallest absolute Gasteiger partial charge is 0.305 e. The zero-order valence-electron chi connectivity index (χ0n) is 10.1. The van der Waals surface area contributed by atoms with E-state index in [-0.39, 0.29) is 11.9 Å². The number of anilines is 1. The molecule has 2 heterocycles. The third kappa shape index (κ3) is 3.19. The van der Waals surface area contributed by atoms with Gasteiger partial charge in [-0.2, -0.15) is 0 Å². The first-order valence-corrected chi connectivity index (χ1v) is 6.60. The molecule has 1 saturated heterocycles. The highest BCUT2D eigenvalue weighted by atomic mass is 32.1. The van der Waals surface area contributed by atoms with Gasteiger partial charge in [-0.3, -0.25) is 9.59 Å². The zero-order chi connectivity index (χ0) is 13.0. The van der Waals surface area contributed by atoms with Crippen molar-refractivity contribution in [1.82, 2.24) is 10.3 Å². The summed E-state index contributed by atoms with van der Waals surface area (Å²) in [4.78, 5) is 28.7. The molecule has 2 rings (SSSR count). The van der Waals surface area contributed by atoms with Crippen molar-refractivity contribution < 1.29 is 14.3 Å². The van der Waals surface area contributed by atoms with Gasteiger partial charge in [-0.1, -0.05) is 0 Å². The van der Waals surface area contributed by atoms with Crippen LogP contribution in [-0.2, 0) is 20.7 Å². The van der Waals surface area contributed by atoms with Crippen LogP contribution in [0.2, 0.25) is 0 Å². The second-order valence-electron chi connectivity index (χ2n) is 3.97. The van der Waals surface area contributed by atoms with E-state index in [1.54, 1.807) is 0 Å². The van der Waals surface area contributed by atoms with Crippen LogP contribution in [0, 0.1) is 0 Å². The number of methoxy groups -OCH3 is 1. The Balaban J connectivity index is 1.93. The van der Waals surface area contributed by atoms with E-state index in [1.807, 2.05) is 10.3 Å². The summed E-state index contributed by atoms with van der Waals surface area (Å²) in [6.07, 6.45) is 0.906. The maximum Gasteiger partial charge on any atom is 0.305 e. The van der Waals surface area contributed by atoms with Gasteiger partial charge in [0.2, 0.25) is 5.91 Å². The van der Waals surface area contributed by atoms with Crippen molar-refractivity contribution in [3.63, 3.8) is 0 Å². The summed E-state index contributed by atoms with van der Waals surface area (Å²) in [5.41, 5.74) is 0.867. The van der Waals surface area contributed by atoms with Crippen LogP contribution in [0.5, 0.6) is 0 Å². The van der Waals surface area contributed by atoms with Crippen molar-refractivity contribution in [2.45, 2.75) is 12.8 Å². The number of nitrogens with one attached hydrogen (secondary N) is 1. The Hall–Kier alpha value is -1.63. The predicted octanol–water partition coefficient (Wildman–Crippen LogP) is 0.185. The molecule has 1 aromatic rings. The van der Waals surface area contributed by atoms with E-state index in [0.717, 1.165) is 17.4 Å². The SMILES string of the molecule is COC(=O)CCc1csc(N2CCNC(=O)C2)n1. The summed E-state index contributed by atoms with van der Waals surface area (Å²) in [6, 6.07) is 0. The molecular weight excluding hydrogens is 254 g/mol. The average Bonchev–Trinajstić information content (AvgIpc) is 2.84. The van der Waals surface area contributed by atoms with Crippen LogP contribution in [0.25, 0.3) is 0 Å². The quantitative estimate of drug-likeness (QED) is 0.790. The highest BCUT2D eigenvalue weighted by Crippen LogP contribution is 2.21. The fraction of sp³-hybridized carbons (Fsp3) is 0.545. The maximum atomic E-state index is 11.3. The zero-order valence-corrected chi connectivity index (χ0v) is 11.0. The number of aryl methyl sites for hydroxylation is 1. The van der Waals surface area contributed by atoms with Crippen molar-refractivity contribution >= 4 is 28.3 Å². The molecular formula is C11H15N3O3S. The summed E-state index contributed by atoms with van der Waals surface area (Å²) in [5, 5.41) is 5.53. The van der Waals surface area contributed by atoms with E-state index in [0.29, 0.717) is 25.9 Å². The van der Waals surface area contributed by atoms with Crippen LogP contribution >= 0.6 is 11.3 Å². The summed E-state index contributed by atoms with van der Waals surface area (Å²) in [6.45, 7) is 1.77. The summed E-state index contributed by atoms with van der Waals surface area (Å²) >= 11 is 1.50. The minimum atomic E-state index is -0.234. The normalized spacial score (nSPS) is 15.4. The molecule has 1 aromatic heterocycles. The van der Waals surface area contributed by atoms with Gasteiger partial charge in [-0.25, -0.2) is 4.98 Å². The first-order chi connectivity index (χ1) is 8.69. The fourth-order valence-corrected chi connectivity index (χ4v) is 2.58. The summed E-state index contributed by atoms with van der Waals surface area (Å²) < 4.78 is 4.58. The Kier molecular flexibility index (Phi) is 4.14. The van der Waals surface area contributed by atoms with Gasteiger partial charge in [-0.05, 0) is 0 Å². The van der Waals surface area contributed by atoms with Gasteiger partial charge in [0.1, 0.15) is 0 Å². The third-order valence-electron chi connectivity index (χ3n) is 2.66. The van der Waals surface area contributed by atoms with Gasteiger partial charge in [-0.15, -0.1) is 11.3 Å². The number of carbonyl (C=O) groups excluding carboxylic acids is 2. The van der Waals surface area contributed by atoms with E-state index in [1.165, 1.54) is 18.4 Å². The minimum absolute atomic E-state index is 0.0209. The number of hydrogen-bond donors (Lipinski definition) is 1. The molecule has 0 bridgehead atoms. The molecule has 98 valence electrons. The molecule has 7 heteroatoms. The first kappa shape index (κ1) is 12.8. The largest absolute Gasteiger partial charge is 0.469 e. The predicted molar refractivity (Wildman–Crippen MR) is 67.7 cm³/mol. The molecule has 0 spiro atoms. The lowest BCUT2D eigenvalue weighted by Gasteiger charge is -2.25. The van der Waals surface area contributed by atoms with E-state index in [4.69, 9.17) is 0 Å². The number of amides is 1. The Morgan fingerprint density at radius 1 is 1.67 bits per heavy atom. The number of aromatic nitrogens is 1. The van der Waals surface area contributed by atoms with Crippen LogP contribution in [0.3, 0.4) is 0 Å². The third-order valence-corrected chi connectivity index (χ3v) is 3.61. The number of nitrogens with zero attached hydrogens (tertiary/aromatic N) is 2. The number of esters is 1. The van der Waals surface area contributed by atoms with E-state index in [2.05, 4.69) is 15.0 Å². The molecule has 1 amide bonds. The van der Waals surface area contributed by atoms with E-state index in [9.17, 15) is 9.59 Å². The molecule has 0 atom stereocenters. The number of rotatable bonds is 4. The van der Waals surface area contributed by atoms with Gasteiger partial charge in [0, 0.05) is 24.9 Å². The molecule has 1 aliphatic rings. The highest BCUT2D eigenvalue weighted by molar-refractivity contribution is 7.13. The van der Waals surface area contributed by atoms with Crippen molar-refractivity contribution in [2.75, 3.05) is 31.6 Å². The van der Waals surface area contributed by atoms with Crippen molar-refractivity contribution in [3.8, 4) is 0 Å². The minimum Gasteiger partial charge on any atom is -0.469 e. The molecule has 6 nitrogen and oxygen atoms in total. The fourth-order valence-electron chi connectivity index (χ4n) is 1.69. The lowest BCUT2D eigenvalue weighted by Crippen LogP contribution is -2.47. The lowest BCUT2D eigenvalue weighted by atomic mass is 10.2. The molecule has 1 fully saturated rings. The van der Waals surface area contributed by atoms with Gasteiger partial charge in [0.05, 0.1) is 25.8 Å². The van der Waals surface area contributed by atoms with Crippen molar-refractivity contribution in [3.05, 3.63) is 11.1 Å². The Morgan fingerprint density at radius 3 is 3.22 bits per heavy atom. The van der Waals surface area contributed by atoms with Crippen molar-refractivity contribution in [1.29, 1.82) is 0 Å². The Bertz CT molecular complexity index is 446.